The first-order valence-corrected chi connectivity index (χ1v) is 9.97. The lowest BCUT2D eigenvalue weighted by Crippen LogP contribution is -2.37. The first-order chi connectivity index (χ1) is 12.9. The highest BCUT2D eigenvalue weighted by Crippen LogP contribution is 2.36. The van der Waals surface area contributed by atoms with E-state index >= 15 is 0 Å². The third-order valence-corrected chi connectivity index (χ3v) is 4.99. The number of hydrogen-bond acceptors (Lipinski definition) is 6. The van der Waals surface area contributed by atoms with Gasteiger partial charge in [-0.25, -0.2) is 8.42 Å². The van der Waals surface area contributed by atoms with Crippen LogP contribution in [0.25, 0.3) is 0 Å². The van der Waals surface area contributed by atoms with Crippen molar-refractivity contribution in [3.63, 3.8) is 0 Å². The zero-order chi connectivity index (χ0) is 19.4. The molecule has 0 spiro atoms. The van der Waals surface area contributed by atoms with Crippen molar-refractivity contribution < 1.29 is 27.4 Å². The van der Waals surface area contributed by atoms with Gasteiger partial charge in [0.15, 0.2) is 11.5 Å². The van der Waals surface area contributed by atoms with Crippen LogP contribution in [-0.4, -0.2) is 41.0 Å². The van der Waals surface area contributed by atoms with Crippen LogP contribution in [0.1, 0.15) is 5.56 Å². The summed E-state index contributed by atoms with van der Waals surface area (Å²) in [5.74, 6) is 0.507. The molecule has 0 atom stereocenters. The lowest BCUT2D eigenvalue weighted by atomic mass is 10.2. The van der Waals surface area contributed by atoms with Gasteiger partial charge >= 0.3 is 0 Å². The van der Waals surface area contributed by atoms with E-state index in [0.717, 1.165) is 16.1 Å². The minimum absolute atomic E-state index is 0.0793. The van der Waals surface area contributed by atoms with Crippen LogP contribution in [0.4, 0.5) is 11.4 Å². The van der Waals surface area contributed by atoms with Crippen molar-refractivity contribution in [2.24, 2.45) is 0 Å². The number of sulfonamides is 1. The molecule has 1 heterocycles. The van der Waals surface area contributed by atoms with Crippen LogP contribution in [0.15, 0.2) is 42.5 Å². The van der Waals surface area contributed by atoms with E-state index in [1.165, 1.54) is 6.07 Å². The molecule has 2 aromatic carbocycles. The maximum Gasteiger partial charge on any atom is 0.245 e. The summed E-state index contributed by atoms with van der Waals surface area (Å²) in [4.78, 5) is 12.4. The molecule has 0 radical (unpaired) electrons. The standard InChI is InChI=1S/C18H20N2O6S/c1-24-11-13-4-3-5-14(8-13)19-18(21)10-20(27(2,22)23)15-6-7-16-17(9-15)26-12-25-16/h3-9H,10-12H2,1-2H3,(H,19,21). The molecule has 144 valence electrons. The molecule has 8 nitrogen and oxygen atoms in total. The van der Waals surface area contributed by atoms with Crippen LogP contribution < -0.4 is 19.1 Å². The number of amides is 1. The summed E-state index contributed by atoms with van der Waals surface area (Å²) < 4.78 is 41.0. The highest BCUT2D eigenvalue weighted by atomic mass is 32.2. The fourth-order valence-electron chi connectivity index (χ4n) is 2.68. The van der Waals surface area contributed by atoms with Gasteiger partial charge in [-0.05, 0) is 29.8 Å². The van der Waals surface area contributed by atoms with Crippen molar-refractivity contribution in [1.82, 2.24) is 0 Å². The zero-order valence-corrected chi connectivity index (χ0v) is 15.8. The Labute approximate surface area is 157 Å². The zero-order valence-electron chi connectivity index (χ0n) is 15.0. The largest absolute Gasteiger partial charge is 0.454 e. The Balaban J connectivity index is 1.77. The number of methoxy groups -OCH3 is 1. The number of nitrogens with zero attached hydrogens (tertiary/aromatic N) is 1. The normalized spacial score (nSPS) is 12.7. The van der Waals surface area contributed by atoms with Crippen LogP contribution in [0, 0.1) is 0 Å². The van der Waals surface area contributed by atoms with E-state index in [4.69, 9.17) is 14.2 Å². The Bertz CT molecular complexity index is 945. The van der Waals surface area contributed by atoms with Crippen molar-refractivity contribution in [2.45, 2.75) is 6.61 Å². The number of nitrogens with one attached hydrogen (secondary N) is 1. The quantitative estimate of drug-likeness (QED) is 0.774. The van der Waals surface area contributed by atoms with E-state index in [1.54, 1.807) is 37.4 Å². The number of fused-ring (bicyclic) bond motifs is 1. The maximum atomic E-state index is 12.4. The summed E-state index contributed by atoms with van der Waals surface area (Å²) in [6.45, 7) is 0.124. The fraction of sp³-hybridized carbons (Fsp3) is 0.278. The molecule has 9 heteroatoms. The van der Waals surface area contributed by atoms with Gasteiger partial charge in [-0.3, -0.25) is 9.10 Å². The minimum Gasteiger partial charge on any atom is -0.454 e. The lowest BCUT2D eigenvalue weighted by molar-refractivity contribution is -0.114. The Morgan fingerprint density at radius 3 is 2.70 bits per heavy atom. The molecule has 1 aliphatic heterocycles. The summed E-state index contributed by atoms with van der Waals surface area (Å²) in [6.07, 6.45) is 1.05. The molecular weight excluding hydrogens is 372 g/mol. The van der Waals surface area contributed by atoms with E-state index in [0.29, 0.717) is 29.5 Å². The molecule has 0 unspecified atom stereocenters. The molecule has 1 aliphatic rings. The molecule has 0 aromatic heterocycles. The molecule has 0 saturated heterocycles. The van der Waals surface area contributed by atoms with Gasteiger partial charge in [0.25, 0.3) is 0 Å². The van der Waals surface area contributed by atoms with Gasteiger partial charge in [0.2, 0.25) is 22.7 Å². The summed E-state index contributed by atoms with van der Waals surface area (Å²) in [5.41, 5.74) is 1.78. The molecule has 3 rings (SSSR count). The number of carbonyl (C=O) groups excluding carboxylic acids is 1. The first-order valence-electron chi connectivity index (χ1n) is 8.12. The molecule has 27 heavy (non-hydrogen) atoms. The van der Waals surface area contributed by atoms with E-state index in [-0.39, 0.29) is 13.3 Å². The number of hydrogen-bond donors (Lipinski definition) is 1. The number of carbonyl (C=O) groups is 1. The van der Waals surface area contributed by atoms with Crippen molar-refractivity contribution in [3.05, 3.63) is 48.0 Å². The maximum absolute atomic E-state index is 12.4. The van der Waals surface area contributed by atoms with Gasteiger partial charge in [-0.15, -0.1) is 0 Å². The predicted octanol–water partition coefficient (Wildman–Crippen LogP) is 1.97. The smallest absolute Gasteiger partial charge is 0.245 e. The van der Waals surface area contributed by atoms with E-state index < -0.39 is 15.9 Å². The fourth-order valence-corrected chi connectivity index (χ4v) is 3.53. The molecule has 1 N–H and O–H groups in total. The summed E-state index contributed by atoms with van der Waals surface area (Å²) in [6, 6.07) is 11.9. The molecular formula is C18H20N2O6S. The molecule has 1 amide bonds. The van der Waals surface area contributed by atoms with E-state index in [9.17, 15) is 13.2 Å². The SMILES string of the molecule is COCc1cccc(NC(=O)CN(c2ccc3c(c2)OCO3)S(C)(=O)=O)c1. The topological polar surface area (TPSA) is 94.2 Å². The van der Waals surface area contributed by atoms with Gasteiger partial charge in [0, 0.05) is 18.9 Å². The number of rotatable bonds is 7. The highest BCUT2D eigenvalue weighted by molar-refractivity contribution is 7.92. The average Bonchev–Trinajstić information content (AvgIpc) is 3.07. The number of benzene rings is 2. The Kier molecular flexibility index (Phi) is 5.52. The molecule has 0 fully saturated rings. The third kappa shape index (κ3) is 4.69. The molecule has 0 saturated carbocycles. The van der Waals surface area contributed by atoms with Crippen molar-refractivity contribution in [3.8, 4) is 11.5 Å². The number of anilines is 2. The van der Waals surface area contributed by atoms with Crippen molar-refractivity contribution in [1.29, 1.82) is 0 Å². The second kappa shape index (κ2) is 7.85. The number of ether oxygens (including phenoxy) is 3. The summed E-state index contributed by atoms with van der Waals surface area (Å²) in [5, 5.41) is 2.71. The van der Waals surface area contributed by atoms with Gasteiger partial charge in [-0.2, -0.15) is 0 Å². The molecule has 0 bridgehead atoms. The first kappa shape index (κ1) is 19.0. The van der Waals surface area contributed by atoms with Gasteiger partial charge in [0.1, 0.15) is 6.54 Å². The summed E-state index contributed by atoms with van der Waals surface area (Å²) in [7, 11) is -2.10. The minimum atomic E-state index is -3.68. The average molecular weight is 392 g/mol. The van der Waals surface area contributed by atoms with E-state index in [1.807, 2.05) is 6.07 Å². The van der Waals surface area contributed by atoms with Crippen LogP contribution in [0.3, 0.4) is 0 Å². The van der Waals surface area contributed by atoms with Crippen LogP contribution in [-0.2, 0) is 26.2 Å². The van der Waals surface area contributed by atoms with Crippen molar-refractivity contribution >= 4 is 27.3 Å². The Hall–Kier alpha value is -2.78. The van der Waals surface area contributed by atoms with Crippen LogP contribution >= 0.6 is 0 Å². The second-order valence-corrected chi connectivity index (χ2v) is 7.90. The predicted molar refractivity (Wildman–Crippen MR) is 101 cm³/mol. The van der Waals surface area contributed by atoms with E-state index in [2.05, 4.69) is 5.32 Å². The van der Waals surface area contributed by atoms with Crippen LogP contribution in [0.2, 0.25) is 0 Å². The Morgan fingerprint density at radius 1 is 1.19 bits per heavy atom. The molecule has 0 aliphatic carbocycles. The van der Waals surface area contributed by atoms with Gasteiger partial charge in [-0.1, -0.05) is 12.1 Å². The van der Waals surface area contributed by atoms with Crippen molar-refractivity contribution in [2.75, 3.05) is 36.3 Å². The second-order valence-electron chi connectivity index (χ2n) is 5.99. The van der Waals surface area contributed by atoms with Crippen LogP contribution in [0.5, 0.6) is 11.5 Å². The third-order valence-electron chi connectivity index (χ3n) is 3.85. The summed E-state index contributed by atoms with van der Waals surface area (Å²) >= 11 is 0. The molecule has 2 aromatic rings. The highest BCUT2D eigenvalue weighted by Gasteiger charge is 2.23. The van der Waals surface area contributed by atoms with Gasteiger partial charge in [0.05, 0.1) is 18.6 Å². The monoisotopic (exact) mass is 392 g/mol. The lowest BCUT2D eigenvalue weighted by Gasteiger charge is -2.22. The van der Waals surface area contributed by atoms with Gasteiger partial charge < -0.3 is 19.5 Å². The Morgan fingerprint density at radius 2 is 1.96 bits per heavy atom.